The van der Waals surface area contributed by atoms with Crippen molar-refractivity contribution in [3.8, 4) is 0 Å². The Bertz CT molecular complexity index is 855. The Morgan fingerprint density at radius 3 is 2.42 bits per heavy atom. The molecule has 0 saturated carbocycles. The number of carbonyl (C=O) groups excluding carboxylic acids is 1. The predicted octanol–water partition coefficient (Wildman–Crippen LogP) is 6.02. The Kier molecular flexibility index (Phi) is 10.8. The molecule has 1 N–H and O–H groups in total. The Morgan fingerprint density at radius 2 is 1.71 bits per heavy atom. The van der Waals surface area contributed by atoms with Gasteiger partial charge in [-0.25, -0.2) is 4.79 Å². The Balaban J connectivity index is 1.45. The Labute approximate surface area is 228 Å². The number of aryl methyl sites for hydroxylation is 1. The summed E-state index contributed by atoms with van der Waals surface area (Å²) in [7, 11) is 0. The number of amides is 1. The Hall–Kier alpha value is -1.71. The minimum atomic E-state index is -0.753. The molecule has 3 fully saturated rings. The topological polar surface area (TPSA) is 78.5 Å². The largest absolute Gasteiger partial charge is 0.442 e. The van der Waals surface area contributed by atoms with E-state index in [2.05, 4.69) is 17.1 Å². The number of likely N-dealkylation sites (tertiary alicyclic amines) is 1. The molecule has 3 saturated heterocycles. The number of unbranched alkanes of at least 4 members (excludes halogenated alkanes) is 4. The highest BCUT2D eigenvalue weighted by Gasteiger charge is 2.58. The molecule has 3 aliphatic heterocycles. The van der Waals surface area contributed by atoms with Crippen LogP contribution in [0.1, 0.15) is 84.1 Å². The summed E-state index contributed by atoms with van der Waals surface area (Å²) in [6.07, 6.45) is 7.79. The van der Waals surface area contributed by atoms with E-state index < -0.39 is 30.4 Å². The standard InChI is InChI=1S/C30H48N2O6/c1-5-6-7-10-13-20-34-28-27-26(37-30(3,4)38-27)25(36-28)24(21-32-18-11-8-9-12-19-32)35-29(33)31-23-16-14-22(2)15-17-23/h14-17,24-28H,5-13,18-21H2,1-4H3,(H,31,33)/t24?,25-,26+,27+,28+/m1/s1. The third kappa shape index (κ3) is 8.39. The molecule has 0 spiro atoms. The van der Waals surface area contributed by atoms with Crippen LogP contribution in [-0.4, -0.2) is 73.7 Å². The summed E-state index contributed by atoms with van der Waals surface area (Å²) in [6.45, 7) is 11.2. The molecule has 8 nitrogen and oxygen atoms in total. The number of nitrogens with zero attached hydrogens (tertiary/aromatic N) is 1. The van der Waals surface area contributed by atoms with Gasteiger partial charge in [-0.05, 0) is 65.3 Å². The van der Waals surface area contributed by atoms with Crippen LogP contribution >= 0.6 is 0 Å². The first kappa shape index (κ1) is 29.3. The van der Waals surface area contributed by atoms with Crippen LogP contribution in [0.25, 0.3) is 0 Å². The summed E-state index contributed by atoms with van der Waals surface area (Å²) in [4.78, 5) is 15.4. The Morgan fingerprint density at radius 1 is 1.03 bits per heavy atom. The third-order valence-electron chi connectivity index (χ3n) is 7.64. The predicted molar refractivity (Wildman–Crippen MR) is 147 cm³/mol. The summed E-state index contributed by atoms with van der Waals surface area (Å²) >= 11 is 0. The molecule has 1 aromatic rings. The molecule has 1 amide bonds. The molecule has 0 aliphatic carbocycles. The van der Waals surface area contributed by atoms with Gasteiger partial charge in [0.25, 0.3) is 0 Å². The van der Waals surface area contributed by atoms with Crippen molar-refractivity contribution in [3.05, 3.63) is 29.8 Å². The number of fused-ring (bicyclic) bond motifs is 1. The van der Waals surface area contributed by atoms with E-state index in [1.165, 1.54) is 32.1 Å². The smallest absolute Gasteiger partial charge is 0.412 e. The first-order chi connectivity index (χ1) is 18.3. The van der Waals surface area contributed by atoms with E-state index in [4.69, 9.17) is 23.7 Å². The second kappa shape index (κ2) is 14.1. The van der Waals surface area contributed by atoms with Crippen LogP contribution in [0.2, 0.25) is 0 Å². The number of carbonyl (C=O) groups is 1. The first-order valence-corrected chi connectivity index (χ1v) is 14.7. The van der Waals surface area contributed by atoms with E-state index in [1.54, 1.807) is 0 Å². The number of hydrogen-bond donors (Lipinski definition) is 1. The van der Waals surface area contributed by atoms with Crippen LogP contribution in [0.5, 0.6) is 0 Å². The maximum absolute atomic E-state index is 13.1. The lowest BCUT2D eigenvalue weighted by Gasteiger charge is -2.32. The van der Waals surface area contributed by atoms with Gasteiger partial charge < -0.3 is 23.7 Å². The van der Waals surface area contributed by atoms with Gasteiger partial charge in [0.1, 0.15) is 24.4 Å². The number of anilines is 1. The van der Waals surface area contributed by atoms with Gasteiger partial charge >= 0.3 is 6.09 Å². The van der Waals surface area contributed by atoms with Gasteiger partial charge in [-0.2, -0.15) is 0 Å². The monoisotopic (exact) mass is 532 g/mol. The lowest BCUT2D eigenvalue weighted by molar-refractivity contribution is -0.243. The second-order valence-corrected chi connectivity index (χ2v) is 11.5. The fourth-order valence-corrected chi connectivity index (χ4v) is 5.63. The van der Waals surface area contributed by atoms with E-state index in [0.29, 0.717) is 18.8 Å². The summed E-state index contributed by atoms with van der Waals surface area (Å²) in [5.74, 6) is -0.753. The molecule has 0 aromatic heterocycles. The molecule has 1 aromatic carbocycles. The lowest BCUT2D eigenvalue weighted by atomic mass is 10.0. The zero-order valence-electron chi connectivity index (χ0n) is 23.8. The molecule has 214 valence electrons. The van der Waals surface area contributed by atoms with Crippen LogP contribution in [-0.2, 0) is 23.7 Å². The number of nitrogens with one attached hydrogen (secondary N) is 1. The number of rotatable bonds is 12. The molecule has 5 atom stereocenters. The maximum atomic E-state index is 13.1. The van der Waals surface area contributed by atoms with Crippen molar-refractivity contribution in [2.75, 3.05) is 31.6 Å². The van der Waals surface area contributed by atoms with Crippen molar-refractivity contribution in [1.82, 2.24) is 4.90 Å². The van der Waals surface area contributed by atoms with Crippen LogP contribution < -0.4 is 5.32 Å². The molecular weight excluding hydrogens is 484 g/mol. The van der Waals surface area contributed by atoms with E-state index in [-0.39, 0.29) is 12.2 Å². The van der Waals surface area contributed by atoms with Crippen molar-refractivity contribution in [2.24, 2.45) is 0 Å². The average molecular weight is 533 g/mol. The first-order valence-electron chi connectivity index (χ1n) is 14.7. The van der Waals surface area contributed by atoms with Crippen LogP contribution in [0.4, 0.5) is 10.5 Å². The van der Waals surface area contributed by atoms with Crippen molar-refractivity contribution in [1.29, 1.82) is 0 Å². The maximum Gasteiger partial charge on any atom is 0.412 e. The SMILES string of the molecule is CCCCCCCO[C@H]1O[C@H](C(CN2CCCCCC2)OC(=O)Nc2ccc(C)cc2)[C@@H]2OC(C)(C)O[C@H]12. The highest BCUT2D eigenvalue weighted by Crippen LogP contribution is 2.41. The molecule has 38 heavy (non-hydrogen) atoms. The van der Waals surface area contributed by atoms with Gasteiger partial charge in [0.05, 0.1) is 0 Å². The van der Waals surface area contributed by atoms with Crippen LogP contribution in [0, 0.1) is 6.92 Å². The molecule has 4 rings (SSSR count). The minimum absolute atomic E-state index is 0.360. The quantitative estimate of drug-likeness (QED) is 0.330. The molecule has 0 radical (unpaired) electrons. The van der Waals surface area contributed by atoms with E-state index in [1.807, 2.05) is 45.0 Å². The summed E-state index contributed by atoms with van der Waals surface area (Å²) in [5.41, 5.74) is 1.83. The fraction of sp³-hybridized carbons (Fsp3) is 0.767. The third-order valence-corrected chi connectivity index (χ3v) is 7.64. The van der Waals surface area contributed by atoms with Crippen molar-refractivity contribution < 1.29 is 28.5 Å². The second-order valence-electron chi connectivity index (χ2n) is 11.5. The number of benzene rings is 1. The van der Waals surface area contributed by atoms with Crippen molar-refractivity contribution in [3.63, 3.8) is 0 Å². The number of hydrogen-bond acceptors (Lipinski definition) is 7. The van der Waals surface area contributed by atoms with Crippen LogP contribution in [0.15, 0.2) is 24.3 Å². The van der Waals surface area contributed by atoms with Gasteiger partial charge in [0.2, 0.25) is 0 Å². The molecule has 8 heteroatoms. The number of ether oxygens (including phenoxy) is 5. The zero-order valence-corrected chi connectivity index (χ0v) is 23.8. The highest BCUT2D eigenvalue weighted by molar-refractivity contribution is 5.84. The lowest BCUT2D eigenvalue weighted by Crippen LogP contribution is -2.48. The summed E-state index contributed by atoms with van der Waals surface area (Å²) in [6, 6.07) is 7.68. The molecule has 3 aliphatic rings. The van der Waals surface area contributed by atoms with Gasteiger partial charge in [-0.1, -0.05) is 63.1 Å². The van der Waals surface area contributed by atoms with Gasteiger partial charge in [-0.15, -0.1) is 0 Å². The summed E-state index contributed by atoms with van der Waals surface area (Å²) < 4.78 is 31.3. The average Bonchev–Trinajstić information content (AvgIpc) is 3.22. The zero-order chi connectivity index (χ0) is 27.0. The van der Waals surface area contributed by atoms with Gasteiger partial charge in [0.15, 0.2) is 12.1 Å². The fourth-order valence-electron chi connectivity index (χ4n) is 5.63. The highest BCUT2D eigenvalue weighted by atomic mass is 16.8. The molecular formula is C30H48N2O6. The molecule has 3 heterocycles. The van der Waals surface area contributed by atoms with E-state index in [9.17, 15) is 4.79 Å². The normalized spacial score (nSPS) is 28.0. The van der Waals surface area contributed by atoms with E-state index >= 15 is 0 Å². The van der Waals surface area contributed by atoms with E-state index in [0.717, 1.165) is 44.3 Å². The van der Waals surface area contributed by atoms with Gasteiger partial charge in [-0.3, -0.25) is 10.2 Å². The molecule has 1 unspecified atom stereocenters. The summed E-state index contributed by atoms with van der Waals surface area (Å²) in [5, 5.41) is 2.88. The van der Waals surface area contributed by atoms with Crippen LogP contribution in [0.3, 0.4) is 0 Å². The van der Waals surface area contributed by atoms with Crippen molar-refractivity contribution in [2.45, 2.75) is 122 Å². The van der Waals surface area contributed by atoms with Crippen molar-refractivity contribution >= 4 is 11.8 Å². The molecule has 0 bridgehead atoms. The van der Waals surface area contributed by atoms with Gasteiger partial charge in [0, 0.05) is 18.8 Å². The minimum Gasteiger partial charge on any atom is -0.442 e.